The highest BCUT2D eigenvalue weighted by Gasteiger charge is 2.17. The monoisotopic (exact) mass is 284 g/mol. The first-order valence-corrected chi connectivity index (χ1v) is 6.75. The zero-order valence-electron chi connectivity index (χ0n) is 12.0. The number of hydrogen-bond donors (Lipinski definition) is 0. The van der Waals surface area contributed by atoms with Crippen LogP contribution in [0.15, 0.2) is 36.4 Å². The molecule has 4 heteroatoms. The normalized spacial score (nSPS) is 12.5. The second-order valence-corrected chi connectivity index (χ2v) is 4.82. The fourth-order valence-electron chi connectivity index (χ4n) is 2.47. The molecule has 0 fully saturated rings. The summed E-state index contributed by atoms with van der Waals surface area (Å²) in [5.74, 6) is 1.99. The summed E-state index contributed by atoms with van der Waals surface area (Å²) >= 11 is 0. The van der Waals surface area contributed by atoms with Crippen molar-refractivity contribution in [3.05, 3.63) is 53.1 Å². The van der Waals surface area contributed by atoms with Gasteiger partial charge < -0.3 is 14.2 Å². The van der Waals surface area contributed by atoms with Crippen LogP contribution in [0.4, 0.5) is 0 Å². The molecule has 0 spiro atoms. The van der Waals surface area contributed by atoms with Crippen LogP contribution in [-0.2, 0) is 6.42 Å². The van der Waals surface area contributed by atoms with Crippen molar-refractivity contribution in [1.82, 2.24) is 0 Å². The fraction of sp³-hybridized carbons (Fsp3) is 0.235. The predicted octanol–water partition coefficient (Wildman–Crippen LogP) is 2.87. The Morgan fingerprint density at radius 1 is 1.00 bits per heavy atom. The van der Waals surface area contributed by atoms with Crippen LogP contribution in [0.1, 0.15) is 21.5 Å². The average molecular weight is 284 g/mol. The molecule has 0 aromatic heterocycles. The van der Waals surface area contributed by atoms with Crippen LogP contribution >= 0.6 is 0 Å². The number of ketones is 1. The lowest BCUT2D eigenvalue weighted by atomic mass is 10.00. The molecule has 21 heavy (non-hydrogen) atoms. The second-order valence-electron chi connectivity index (χ2n) is 4.82. The topological polar surface area (TPSA) is 44.8 Å². The largest absolute Gasteiger partial charge is 0.493 e. The van der Waals surface area contributed by atoms with Crippen molar-refractivity contribution in [2.75, 3.05) is 20.8 Å². The van der Waals surface area contributed by atoms with Crippen molar-refractivity contribution in [2.24, 2.45) is 0 Å². The highest BCUT2D eigenvalue weighted by Crippen LogP contribution is 2.30. The maximum atomic E-state index is 12.6. The van der Waals surface area contributed by atoms with E-state index < -0.39 is 0 Å². The highest BCUT2D eigenvalue weighted by atomic mass is 16.5. The maximum Gasteiger partial charge on any atom is 0.193 e. The fourth-order valence-corrected chi connectivity index (χ4v) is 2.47. The lowest BCUT2D eigenvalue weighted by Crippen LogP contribution is -2.03. The lowest BCUT2D eigenvalue weighted by Gasteiger charge is -2.09. The molecular weight excluding hydrogens is 268 g/mol. The summed E-state index contributed by atoms with van der Waals surface area (Å²) in [7, 11) is 3.12. The summed E-state index contributed by atoms with van der Waals surface area (Å²) in [6, 6.07) is 10.7. The van der Waals surface area contributed by atoms with E-state index >= 15 is 0 Å². The van der Waals surface area contributed by atoms with E-state index in [0.29, 0.717) is 29.2 Å². The third kappa shape index (κ3) is 2.44. The van der Waals surface area contributed by atoms with Gasteiger partial charge in [0.15, 0.2) is 17.3 Å². The van der Waals surface area contributed by atoms with E-state index in [9.17, 15) is 4.79 Å². The predicted molar refractivity (Wildman–Crippen MR) is 78.6 cm³/mol. The highest BCUT2D eigenvalue weighted by molar-refractivity contribution is 6.09. The first-order valence-electron chi connectivity index (χ1n) is 6.75. The molecule has 1 heterocycles. The van der Waals surface area contributed by atoms with Gasteiger partial charge in [-0.3, -0.25) is 4.79 Å². The van der Waals surface area contributed by atoms with E-state index in [1.165, 1.54) is 0 Å². The molecule has 0 unspecified atom stereocenters. The van der Waals surface area contributed by atoms with Crippen LogP contribution in [0.2, 0.25) is 0 Å². The van der Waals surface area contributed by atoms with Gasteiger partial charge in [0.1, 0.15) is 5.75 Å². The van der Waals surface area contributed by atoms with Gasteiger partial charge >= 0.3 is 0 Å². The summed E-state index contributed by atoms with van der Waals surface area (Å²) in [6.45, 7) is 0.684. The van der Waals surface area contributed by atoms with E-state index in [0.717, 1.165) is 17.7 Å². The minimum atomic E-state index is -0.0364. The van der Waals surface area contributed by atoms with E-state index in [2.05, 4.69) is 0 Å². The van der Waals surface area contributed by atoms with Crippen molar-refractivity contribution < 1.29 is 19.0 Å². The van der Waals surface area contributed by atoms with Crippen LogP contribution in [0.25, 0.3) is 0 Å². The van der Waals surface area contributed by atoms with E-state index in [-0.39, 0.29) is 5.78 Å². The van der Waals surface area contributed by atoms with Gasteiger partial charge in [-0.1, -0.05) is 0 Å². The molecule has 108 valence electrons. The Labute approximate surface area is 123 Å². The first-order chi connectivity index (χ1) is 10.2. The lowest BCUT2D eigenvalue weighted by molar-refractivity contribution is 0.103. The van der Waals surface area contributed by atoms with Crippen molar-refractivity contribution in [1.29, 1.82) is 0 Å². The van der Waals surface area contributed by atoms with Gasteiger partial charge in [-0.25, -0.2) is 0 Å². The standard InChI is InChI=1S/C17H16O4/c1-19-15-6-4-13(10-16(15)20-2)17(18)12-3-5-14-11(9-12)7-8-21-14/h3-6,9-10H,7-8H2,1-2H3. The Bertz CT molecular complexity index is 691. The summed E-state index contributed by atoms with van der Waals surface area (Å²) in [5, 5.41) is 0. The number of rotatable bonds is 4. The summed E-state index contributed by atoms with van der Waals surface area (Å²) in [4.78, 5) is 12.6. The third-order valence-corrected chi connectivity index (χ3v) is 3.60. The minimum absolute atomic E-state index is 0.0364. The molecule has 0 aliphatic carbocycles. The van der Waals surface area contributed by atoms with Crippen LogP contribution in [-0.4, -0.2) is 26.6 Å². The van der Waals surface area contributed by atoms with Crippen molar-refractivity contribution >= 4 is 5.78 Å². The number of methoxy groups -OCH3 is 2. The van der Waals surface area contributed by atoms with Gasteiger partial charge in [0, 0.05) is 17.5 Å². The molecular formula is C17H16O4. The van der Waals surface area contributed by atoms with Gasteiger partial charge in [-0.05, 0) is 42.0 Å². The van der Waals surface area contributed by atoms with E-state index in [1.807, 2.05) is 12.1 Å². The van der Waals surface area contributed by atoms with Crippen molar-refractivity contribution in [2.45, 2.75) is 6.42 Å². The number of carbonyl (C=O) groups excluding carboxylic acids is 1. The van der Waals surface area contributed by atoms with Gasteiger partial charge in [0.05, 0.1) is 20.8 Å². The Morgan fingerprint density at radius 3 is 2.48 bits per heavy atom. The maximum absolute atomic E-state index is 12.6. The Balaban J connectivity index is 1.95. The van der Waals surface area contributed by atoms with Gasteiger partial charge in [-0.2, -0.15) is 0 Å². The van der Waals surface area contributed by atoms with Crippen LogP contribution < -0.4 is 14.2 Å². The summed E-state index contributed by atoms with van der Waals surface area (Å²) in [6.07, 6.45) is 0.850. The molecule has 3 rings (SSSR count). The van der Waals surface area contributed by atoms with E-state index in [4.69, 9.17) is 14.2 Å². The second kappa shape index (κ2) is 5.48. The molecule has 1 aliphatic rings. The van der Waals surface area contributed by atoms with Crippen LogP contribution in [0, 0.1) is 0 Å². The molecule has 0 atom stereocenters. The van der Waals surface area contributed by atoms with Gasteiger partial charge in [0.25, 0.3) is 0 Å². The molecule has 0 bridgehead atoms. The summed E-state index contributed by atoms with van der Waals surface area (Å²) < 4.78 is 15.9. The first kappa shape index (κ1) is 13.5. The molecule has 0 N–H and O–H groups in total. The molecule has 2 aromatic rings. The van der Waals surface area contributed by atoms with Gasteiger partial charge in [-0.15, -0.1) is 0 Å². The van der Waals surface area contributed by atoms with Crippen molar-refractivity contribution in [3.63, 3.8) is 0 Å². The van der Waals surface area contributed by atoms with Crippen LogP contribution in [0.3, 0.4) is 0 Å². The molecule has 1 aliphatic heterocycles. The average Bonchev–Trinajstić information content (AvgIpc) is 3.00. The Kier molecular flexibility index (Phi) is 3.52. The summed E-state index contributed by atoms with van der Waals surface area (Å²) in [5.41, 5.74) is 2.32. The molecule has 0 saturated heterocycles. The zero-order valence-corrected chi connectivity index (χ0v) is 12.0. The zero-order chi connectivity index (χ0) is 14.8. The smallest absolute Gasteiger partial charge is 0.193 e. The third-order valence-electron chi connectivity index (χ3n) is 3.60. The number of ether oxygens (including phenoxy) is 3. The van der Waals surface area contributed by atoms with Crippen LogP contribution in [0.5, 0.6) is 17.2 Å². The Hall–Kier alpha value is -2.49. The molecule has 0 radical (unpaired) electrons. The molecule has 2 aromatic carbocycles. The van der Waals surface area contributed by atoms with E-state index in [1.54, 1.807) is 38.5 Å². The van der Waals surface area contributed by atoms with Gasteiger partial charge in [0.2, 0.25) is 0 Å². The minimum Gasteiger partial charge on any atom is -0.493 e. The number of carbonyl (C=O) groups is 1. The number of fused-ring (bicyclic) bond motifs is 1. The molecule has 4 nitrogen and oxygen atoms in total. The number of benzene rings is 2. The SMILES string of the molecule is COc1ccc(C(=O)c2ccc3c(c2)CCO3)cc1OC. The quantitative estimate of drug-likeness (QED) is 0.810. The molecule has 0 saturated carbocycles. The molecule has 0 amide bonds. The van der Waals surface area contributed by atoms with Crippen molar-refractivity contribution in [3.8, 4) is 17.2 Å². The number of hydrogen-bond acceptors (Lipinski definition) is 4. The Morgan fingerprint density at radius 2 is 1.71 bits per heavy atom.